The highest BCUT2D eigenvalue weighted by Crippen LogP contribution is 2.24. The number of carbonyl (C=O) groups is 1. The Bertz CT molecular complexity index is 945. The van der Waals surface area contributed by atoms with Gasteiger partial charge in [-0.05, 0) is 46.2 Å². The van der Waals surface area contributed by atoms with Gasteiger partial charge in [-0.1, -0.05) is 17.7 Å². The Hall–Kier alpha value is -2.12. The second kappa shape index (κ2) is 7.48. The highest BCUT2D eigenvalue weighted by Gasteiger charge is 2.30. The van der Waals surface area contributed by atoms with Crippen LogP contribution in [-0.2, 0) is 10.0 Å². The van der Waals surface area contributed by atoms with Crippen molar-refractivity contribution < 1.29 is 17.6 Å². The summed E-state index contributed by atoms with van der Waals surface area (Å²) in [6, 6.07) is 6.87. The molecule has 0 radical (unpaired) electrons. The molecule has 6 nitrogen and oxygen atoms in total. The molecule has 7 heteroatoms. The highest BCUT2D eigenvalue weighted by atomic mass is 32.2. The summed E-state index contributed by atoms with van der Waals surface area (Å²) in [6.07, 6.45) is 0.603. The van der Waals surface area contributed by atoms with E-state index >= 15 is 0 Å². The van der Waals surface area contributed by atoms with Crippen LogP contribution < -0.4 is 0 Å². The fourth-order valence-corrected chi connectivity index (χ4v) is 4.93. The second-order valence-electron chi connectivity index (χ2n) is 7.08. The first kappa shape index (κ1) is 19.6. The first-order chi connectivity index (χ1) is 12.7. The molecule has 1 amide bonds. The Morgan fingerprint density at radius 2 is 1.59 bits per heavy atom. The van der Waals surface area contributed by atoms with Crippen LogP contribution in [0.3, 0.4) is 0 Å². The van der Waals surface area contributed by atoms with Crippen molar-refractivity contribution in [3.05, 3.63) is 52.5 Å². The number of hydrogen-bond donors (Lipinski definition) is 0. The molecule has 1 aliphatic heterocycles. The van der Waals surface area contributed by atoms with Gasteiger partial charge in [0.05, 0.1) is 10.5 Å². The van der Waals surface area contributed by atoms with Gasteiger partial charge in [-0.2, -0.15) is 4.31 Å². The summed E-state index contributed by atoms with van der Waals surface area (Å²) < 4.78 is 32.9. The summed E-state index contributed by atoms with van der Waals surface area (Å²) in [6.45, 7) is 9.03. The molecule has 0 aliphatic carbocycles. The van der Waals surface area contributed by atoms with Gasteiger partial charge in [0.1, 0.15) is 11.5 Å². The minimum atomic E-state index is -3.55. The molecule has 0 unspecified atom stereocenters. The summed E-state index contributed by atoms with van der Waals surface area (Å²) in [5.74, 6) is 1.27. The normalized spacial score (nSPS) is 16.4. The van der Waals surface area contributed by atoms with Crippen LogP contribution in [0.2, 0.25) is 0 Å². The van der Waals surface area contributed by atoms with Crippen LogP contribution >= 0.6 is 0 Å². The fraction of sp³-hybridized carbons (Fsp3) is 0.450. The molecular weight excluding hydrogens is 364 g/mol. The molecule has 2 heterocycles. The number of nitrogens with zero attached hydrogens (tertiary/aromatic N) is 2. The standard InChI is InChI=1S/C20H26N2O4S/c1-14-6-8-18(9-7-14)27(24,25)22-11-5-10-21(12-13-22)20(23)19-15(2)16(3)26-17(19)4/h6-9H,5,10-13H2,1-4H3. The number of amides is 1. The number of hydrogen-bond acceptors (Lipinski definition) is 4. The minimum absolute atomic E-state index is 0.0866. The second-order valence-corrected chi connectivity index (χ2v) is 9.02. The van der Waals surface area contributed by atoms with Crippen LogP contribution in [0.4, 0.5) is 0 Å². The molecule has 1 aromatic heterocycles. The first-order valence-electron chi connectivity index (χ1n) is 9.14. The smallest absolute Gasteiger partial charge is 0.257 e. The maximum atomic E-state index is 13.0. The summed E-state index contributed by atoms with van der Waals surface area (Å²) in [7, 11) is -3.55. The Labute approximate surface area is 160 Å². The molecule has 27 heavy (non-hydrogen) atoms. The number of rotatable bonds is 3. The van der Waals surface area contributed by atoms with Crippen molar-refractivity contribution in [2.24, 2.45) is 0 Å². The SMILES string of the molecule is Cc1ccc(S(=O)(=O)N2CCCN(C(=O)c3c(C)oc(C)c3C)CC2)cc1. The van der Waals surface area contributed by atoms with E-state index in [1.54, 1.807) is 36.1 Å². The summed E-state index contributed by atoms with van der Waals surface area (Å²) in [5.41, 5.74) is 2.47. The van der Waals surface area contributed by atoms with Gasteiger partial charge < -0.3 is 9.32 Å². The van der Waals surface area contributed by atoms with Gasteiger partial charge in [0.25, 0.3) is 5.91 Å². The van der Waals surface area contributed by atoms with E-state index in [-0.39, 0.29) is 12.5 Å². The first-order valence-corrected chi connectivity index (χ1v) is 10.6. The molecule has 146 valence electrons. The van der Waals surface area contributed by atoms with Crippen molar-refractivity contribution in [2.75, 3.05) is 26.2 Å². The number of benzene rings is 1. The van der Waals surface area contributed by atoms with Crippen molar-refractivity contribution in [1.29, 1.82) is 0 Å². The molecule has 1 saturated heterocycles. The Morgan fingerprint density at radius 1 is 0.926 bits per heavy atom. The number of sulfonamides is 1. The van der Waals surface area contributed by atoms with E-state index in [2.05, 4.69) is 0 Å². The molecule has 1 fully saturated rings. The predicted octanol–water partition coefficient (Wildman–Crippen LogP) is 3.05. The van der Waals surface area contributed by atoms with Crippen molar-refractivity contribution in [3.63, 3.8) is 0 Å². The Kier molecular flexibility index (Phi) is 5.44. The van der Waals surface area contributed by atoms with Gasteiger partial charge in [-0.3, -0.25) is 4.79 Å². The zero-order valence-electron chi connectivity index (χ0n) is 16.3. The number of aryl methyl sites for hydroxylation is 3. The zero-order chi connectivity index (χ0) is 19.8. The van der Waals surface area contributed by atoms with E-state index < -0.39 is 10.0 Å². The molecule has 3 rings (SSSR count). The molecule has 2 aromatic rings. The van der Waals surface area contributed by atoms with E-state index in [1.807, 2.05) is 20.8 Å². The van der Waals surface area contributed by atoms with Crippen LogP contribution in [0.15, 0.2) is 33.6 Å². The maximum Gasteiger partial charge on any atom is 0.257 e. The summed E-state index contributed by atoms with van der Waals surface area (Å²) in [4.78, 5) is 15.0. The number of furan rings is 1. The van der Waals surface area contributed by atoms with E-state index in [0.29, 0.717) is 42.3 Å². The topological polar surface area (TPSA) is 70.8 Å². The van der Waals surface area contributed by atoms with E-state index in [9.17, 15) is 13.2 Å². The number of carbonyl (C=O) groups excluding carboxylic acids is 1. The maximum absolute atomic E-state index is 13.0. The Balaban J connectivity index is 1.77. The third kappa shape index (κ3) is 3.80. The van der Waals surface area contributed by atoms with Gasteiger partial charge in [0, 0.05) is 31.7 Å². The largest absolute Gasteiger partial charge is 0.466 e. The third-order valence-electron chi connectivity index (χ3n) is 5.18. The quantitative estimate of drug-likeness (QED) is 0.808. The lowest BCUT2D eigenvalue weighted by Crippen LogP contribution is -2.37. The van der Waals surface area contributed by atoms with Gasteiger partial charge in [-0.15, -0.1) is 0 Å². The predicted molar refractivity (Wildman–Crippen MR) is 103 cm³/mol. The third-order valence-corrected chi connectivity index (χ3v) is 7.09. The molecule has 0 spiro atoms. The average Bonchev–Trinajstić information content (AvgIpc) is 2.81. The van der Waals surface area contributed by atoms with Crippen LogP contribution in [0, 0.1) is 27.7 Å². The van der Waals surface area contributed by atoms with Gasteiger partial charge in [0.15, 0.2) is 0 Å². The molecule has 0 atom stereocenters. The highest BCUT2D eigenvalue weighted by molar-refractivity contribution is 7.89. The monoisotopic (exact) mass is 390 g/mol. The van der Waals surface area contributed by atoms with Gasteiger partial charge in [-0.25, -0.2) is 8.42 Å². The Morgan fingerprint density at radius 3 is 2.19 bits per heavy atom. The van der Waals surface area contributed by atoms with E-state index in [4.69, 9.17) is 4.42 Å². The lowest BCUT2D eigenvalue weighted by atomic mass is 10.1. The fourth-order valence-electron chi connectivity index (χ4n) is 3.46. The van der Waals surface area contributed by atoms with E-state index in [0.717, 1.165) is 16.9 Å². The van der Waals surface area contributed by atoms with Crippen molar-refractivity contribution in [3.8, 4) is 0 Å². The van der Waals surface area contributed by atoms with Crippen LogP contribution in [0.25, 0.3) is 0 Å². The van der Waals surface area contributed by atoms with E-state index in [1.165, 1.54) is 4.31 Å². The molecule has 1 aromatic carbocycles. The van der Waals surface area contributed by atoms with Crippen LogP contribution in [0.5, 0.6) is 0 Å². The molecule has 0 N–H and O–H groups in total. The lowest BCUT2D eigenvalue weighted by molar-refractivity contribution is 0.0762. The lowest BCUT2D eigenvalue weighted by Gasteiger charge is -2.22. The van der Waals surface area contributed by atoms with Crippen molar-refractivity contribution >= 4 is 15.9 Å². The molecule has 1 aliphatic rings. The summed E-state index contributed by atoms with van der Waals surface area (Å²) in [5, 5.41) is 0. The summed E-state index contributed by atoms with van der Waals surface area (Å²) >= 11 is 0. The van der Waals surface area contributed by atoms with Crippen molar-refractivity contribution in [2.45, 2.75) is 39.0 Å². The molecule has 0 bridgehead atoms. The van der Waals surface area contributed by atoms with Gasteiger partial charge >= 0.3 is 0 Å². The van der Waals surface area contributed by atoms with Crippen LogP contribution in [-0.4, -0.2) is 49.7 Å². The molecule has 0 saturated carbocycles. The van der Waals surface area contributed by atoms with Gasteiger partial charge in [0.2, 0.25) is 10.0 Å². The average molecular weight is 391 g/mol. The van der Waals surface area contributed by atoms with Crippen LogP contribution in [0.1, 0.15) is 39.4 Å². The zero-order valence-corrected chi connectivity index (χ0v) is 17.1. The minimum Gasteiger partial charge on any atom is -0.466 e. The van der Waals surface area contributed by atoms with Crippen molar-refractivity contribution in [1.82, 2.24) is 9.21 Å². The molecular formula is C20H26N2O4S.